The third kappa shape index (κ3) is 4.97. The molecule has 194 valence electrons. The maximum atomic E-state index is 13.6. The number of halogens is 3. The first-order chi connectivity index (χ1) is 18.5. The van der Waals surface area contributed by atoms with Crippen molar-refractivity contribution in [1.82, 2.24) is 25.8 Å². The molecule has 0 saturated carbocycles. The van der Waals surface area contributed by atoms with E-state index in [0.29, 0.717) is 32.9 Å². The predicted molar refractivity (Wildman–Crippen MR) is 151 cm³/mol. The Balaban J connectivity index is 1.27. The minimum absolute atomic E-state index is 0.0382. The highest BCUT2D eigenvalue weighted by molar-refractivity contribution is 6.40. The first kappa shape index (κ1) is 25.1. The lowest BCUT2D eigenvalue weighted by Crippen LogP contribution is -2.49. The van der Waals surface area contributed by atoms with Crippen molar-refractivity contribution in [3.8, 4) is 0 Å². The molecule has 0 radical (unpaired) electrons. The first-order valence-electron chi connectivity index (χ1n) is 12.4. The Morgan fingerprint density at radius 1 is 0.921 bits per heavy atom. The fraction of sp³-hybridized carbons (Fsp3) is 0.259. The predicted octanol–water partition coefficient (Wildman–Crippen LogP) is 6.48. The van der Waals surface area contributed by atoms with Gasteiger partial charge in [-0.3, -0.25) is 20.3 Å². The van der Waals surface area contributed by atoms with Crippen LogP contribution in [0.2, 0.25) is 15.1 Å². The number of hydrazone groups is 1. The van der Waals surface area contributed by atoms with Gasteiger partial charge in [0.05, 0.1) is 28.3 Å². The van der Waals surface area contributed by atoms with Crippen molar-refractivity contribution in [1.29, 1.82) is 0 Å². The minimum Gasteiger partial charge on any atom is -0.283 e. The second-order valence-electron chi connectivity index (χ2n) is 9.49. The molecular weight excluding hydrogens is 545 g/mol. The molecule has 0 aliphatic carbocycles. The monoisotopic (exact) mass is 567 g/mol. The zero-order chi connectivity index (χ0) is 26.2. The first-order valence-corrected chi connectivity index (χ1v) is 13.6. The number of H-pyrrole nitrogens is 1. The Hall–Kier alpha value is -3.17. The van der Waals surface area contributed by atoms with Gasteiger partial charge in [0.1, 0.15) is 11.2 Å². The number of nitrogens with zero attached hydrogens (tertiary/aromatic N) is 5. The third-order valence-electron chi connectivity index (χ3n) is 7.07. The Morgan fingerprint density at radius 3 is 2.53 bits per heavy atom. The molecule has 2 unspecified atom stereocenters. The molecular formula is C27H24Cl3N7O. The molecule has 38 heavy (non-hydrogen) atoms. The molecule has 6 rings (SSSR count). The Kier molecular flexibility index (Phi) is 6.97. The van der Waals surface area contributed by atoms with Gasteiger partial charge in [-0.05, 0) is 66.4 Å². The van der Waals surface area contributed by atoms with E-state index in [0.717, 1.165) is 48.0 Å². The van der Waals surface area contributed by atoms with E-state index in [1.54, 1.807) is 17.1 Å². The molecule has 0 spiro atoms. The molecule has 1 saturated heterocycles. The summed E-state index contributed by atoms with van der Waals surface area (Å²) < 4.78 is 0. The molecule has 1 fully saturated rings. The second-order valence-corrected chi connectivity index (χ2v) is 10.8. The van der Waals surface area contributed by atoms with Crippen LogP contribution in [-0.2, 0) is 4.79 Å². The van der Waals surface area contributed by atoms with Crippen LogP contribution in [0.15, 0.2) is 65.8 Å². The fourth-order valence-corrected chi connectivity index (χ4v) is 5.78. The topological polar surface area (TPSA) is 89.5 Å². The summed E-state index contributed by atoms with van der Waals surface area (Å²) in [6.07, 6.45) is 3.42. The number of carbonyl (C=O) groups excluding carboxylic acids is 1. The van der Waals surface area contributed by atoms with Crippen molar-refractivity contribution in [2.45, 2.75) is 37.8 Å². The van der Waals surface area contributed by atoms with E-state index >= 15 is 0 Å². The molecule has 2 aliphatic rings. The average Bonchev–Trinajstić information content (AvgIpc) is 3.57. The SMILES string of the molecule is O=C(NN1CCCCC1c1ccc2nn[nH]c2c1)C1=NN(c2ccc(Cl)cc2Cl)C(c2ccc(Cl)cc2)C1. The number of anilines is 1. The molecule has 11 heteroatoms. The van der Waals surface area contributed by atoms with Crippen LogP contribution >= 0.6 is 34.8 Å². The van der Waals surface area contributed by atoms with Gasteiger partial charge in [-0.15, -0.1) is 5.10 Å². The van der Waals surface area contributed by atoms with E-state index in [9.17, 15) is 4.79 Å². The standard InChI is InChI=1S/C27H24Cl3N7O/c28-18-7-4-16(5-8-18)26-15-23(33-37(26)25-11-9-19(29)14-20(25)30)27(38)34-36-12-2-1-3-24(36)17-6-10-21-22(13-17)32-35-31-21/h4-11,13-14,24,26H,1-3,12,15H2,(H,34,38)(H,31,32,35). The highest BCUT2D eigenvalue weighted by Crippen LogP contribution is 2.40. The quantitative estimate of drug-likeness (QED) is 0.287. The maximum absolute atomic E-state index is 13.6. The number of carbonyl (C=O) groups is 1. The summed E-state index contributed by atoms with van der Waals surface area (Å²) in [5.41, 5.74) is 8.02. The summed E-state index contributed by atoms with van der Waals surface area (Å²) in [5.74, 6) is -0.229. The van der Waals surface area contributed by atoms with Gasteiger partial charge in [0, 0.05) is 23.0 Å². The molecule has 2 aliphatic heterocycles. The molecule has 1 amide bonds. The van der Waals surface area contributed by atoms with Gasteiger partial charge >= 0.3 is 0 Å². The Bertz CT molecular complexity index is 1520. The van der Waals surface area contributed by atoms with Crippen LogP contribution in [-0.4, -0.2) is 38.6 Å². The van der Waals surface area contributed by atoms with E-state index in [-0.39, 0.29) is 18.0 Å². The highest BCUT2D eigenvalue weighted by atomic mass is 35.5. The number of amides is 1. The molecule has 0 bridgehead atoms. The maximum Gasteiger partial charge on any atom is 0.281 e. The average molecular weight is 569 g/mol. The van der Waals surface area contributed by atoms with Crippen molar-refractivity contribution >= 4 is 63.1 Å². The highest BCUT2D eigenvalue weighted by Gasteiger charge is 2.35. The van der Waals surface area contributed by atoms with Gasteiger partial charge in [-0.2, -0.15) is 5.10 Å². The molecule has 3 heterocycles. The third-order valence-corrected chi connectivity index (χ3v) is 7.86. The van der Waals surface area contributed by atoms with E-state index in [1.165, 1.54) is 0 Å². The minimum atomic E-state index is -0.229. The van der Waals surface area contributed by atoms with Crippen LogP contribution < -0.4 is 10.4 Å². The van der Waals surface area contributed by atoms with Gasteiger partial charge in [0.15, 0.2) is 0 Å². The van der Waals surface area contributed by atoms with E-state index in [1.807, 2.05) is 47.5 Å². The number of nitrogens with one attached hydrogen (secondary N) is 2. The molecule has 2 N–H and O–H groups in total. The number of rotatable bonds is 5. The van der Waals surface area contributed by atoms with Crippen LogP contribution in [0.1, 0.15) is 48.9 Å². The number of aromatic nitrogens is 3. The molecule has 2 atom stereocenters. The van der Waals surface area contributed by atoms with Crippen LogP contribution in [0.3, 0.4) is 0 Å². The summed E-state index contributed by atoms with van der Waals surface area (Å²) >= 11 is 18.8. The van der Waals surface area contributed by atoms with Crippen molar-refractivity contribution in [2.24, 2.45) is 5.10 Å². The van der Waals surface area contributed by atoms with Crippen LogP contribution in [0.4, 0.5) is 5.69 Å². The number of aromatic amines is 1. The van der Waals surface area contributed by atoms with Crippen molar-refractivity contribution in [3.63, 3.8) is 0 Å². The van der Waals surface area contributed by atoms with Gasteiger partial charge in [-0.1, -0.05) is 64.6 Å². The van der Waals surface area contributed by atoms with Crippen LogP contribution in [0.5, 0.6) is 0 Å². The normalized spacial score (nSPS) is 20.1. The molecule has 8 nitrogen and oxygen atoms in total. The molecule has 4 aromatic rings. The number of fused-ring (bicyclic) bond motifs is 1. The summed E-state index contributed by atoms with van der Waals surface area (Å²) in [6, 6.07) is 18.7. The zero-order valence-electron chi connectivity index (χ0n) is 20.2. The lowest BCUT2D eigenvalue weighted by molar-refractivity contribution is -0.121. The number of hydrogen-bond donors (Lipinski definition) is 2. The van der Waals surface area contributed by atoms with Crippen molar-refractivity contribution in [2.75, 3.05) is 11.6 Å². The van der Waals surface area contributed by atoms with Gasteiger partial charge in [-0.25, -0.2) is 5.01 Å². The zero-order valence-corrected chi connectivity index (χ0v) is 22.5. The fourth-order valence-electron chi connectivity index (χ4n) is 5.16. The lowest BCUT2D eigenvalue weighted by Gasteiger charge is -2.35. The van der Waals surface area contributed by atoms with Gasteiger partial charge in [0.2, 0.25) is 0 Å². The number of piperidine rings is 1. The number of benzene rings is 3. The van der Waals surface area contributed by atoms with Crippen LogP contribution in [0, 0.1) is 0 Å². The van der Waals surface area contributed by atoms with E-state index in [2.05, 4.69) is 26.9 Å². The van der Waals surface area contributed by atoms with Crippen molar-refractivity contribution < 1.29 is 4.79 Å². The smallest absolute Gasteiger partial charge is 0.281 e. The summed E-state index contributed by atoms with van der Waals surface area (Å²) in [7, 11) is 0. The number of hydrogen-bond acceptors (Lipinski definition) is 6. The van der Waals surface area contributed by atoms with Crippen LogP contribution in [0.25, 0.3) is 11.0 Å². The second kappa shape index (κ2) is 10.5. The van der Waals surface area contributed by atoms with Crippen molar-refractivity contribution in [3.05, 3.63) is 86.9 Å². The van der Waals surface area contributed by atoms with Gasteiger partial charge < -0.3 is 0 Å². The molecule has 1 aromatic heterocycles. The number of hydrazine groups is 1. The lowest BCUT2D eigenvalue weighted by atomic mass is 9.96. The van der Waals surface area contributed by atoms with Gasteiger partial charge in [0.25, 0.3) is 5.91 Å². The largest absolute Gasteiger partial charge is 0.283 e. The summed E-state index contributed by atoms with van der Waals surface area (Å²) in [4.78, 5) is 13.6. The molecule has 3 aromatic carbocycles. The van der Waals surface area contributed by atoms with E-state index in [4.69, 9.17) is 39.9 Å². The Morgan fingerprint density at radius 2 is 1.71 bits per heavy atom. The Labute approximate surface area is 234 Å². The van der Waals surface area contributed by atoms with E-state index < -0.39 is 0 Å². The summed E-state index contributed by atoms with van der Waals surface area (Å²) in [6.45, 7) is 0.746. The summed E-state index contributed by atoms with van der Waals surface area (Å²) in [5, 5.41) is 21.1.